The van der Waals surface area contributed by atoms with Crippen molar-refractivity contribution in [2.45, 2.75) is 11.8 Å². The van der Waals surface area contributed by atoms with Gasteiger partial charge in [0.05, 0.1) is 29.3 Å². The van der Waals surface area contributed by atoms with Gasteiger partial charge in [-0.15, -0.1) is 0 Å². The van der Waals surface area contributed by atoms with Crippen molar-refractivity contribution >= 4 is 48.3 Å². The Kier molecular flexibility index (Phi) is 4.77. The van der Waals surface area contributed by atoms with Crippen molar-refractivity contribution in [2.75, 3.05) is 18.9 Å². The van der Waals surface area contributed by atoms with Crippen molar-refractivity contribution in [3.63, 3.8) is 0 Å². The lowest BCUT2D eigenvalue weighted by molar-refractivity contribution is 0.353. The lowest BCUT2D eigenvalue weighted by Gasteiger charge is -2.13. The second-order valence-corrected chi connectivity index (χ2v) is 8.33. The first-order chi connectivity index (χ1) is 11.8. The van der Waals surface area contributed by atoms with Gasteiger partial charge in [-0.25, -0.2) is 13.4 Å². The van der Waals surface area contributed by atoms with Crippen LogP contribution < -0.4 is 14.2 Å². The number of fused-ring (bicyclic) bond motifs is 1. The molecule has 0 aliphatic heterocycles. The summed E-state index contributed by atoms with van der Waals surface area (Å²) in [5.74, 6) is 0.804. The molecule has 3 aromatic rings. The molecule has 25 heavy (non-hydrogen) atoms. The van der Waals surface area contributed by atoms with Crippen molar-refractivity contribution in [3.05, 3.63) is 40.9 Å². The number of halogens is 1. The number of ether oxygens (including phenoxy) is 2. The van der Waals surface area contributed by atoms with Gasteiger partial charge >= 0.3 is 0 Å². The summed E-state index contributed by atoms with van der Waals surface area (Å²) in [6.07, 6.45) is 0. The van der Waals surface area contributed by atoms with E-state index in [-0.39, 0.29) is 10.0 Å². The maximum Gasteiger partial charge on any atom is 0.264 e. The molecule has 132 valence electrons. The average Bonchev–Trinajstić information content (AvgIpc) is 2.94. The minimum Gasteiger partial charge on any atom is -0.493 e. The first kappa shape index (κ1) is 17.8. The number of nitrogens with one attached hydrogen (secondary N) is 1. The molecule has 0 aliphatic carbocycles. The van der Waals surface area contributed by atoms with E-state index in [1.165, 1.54) is 31.6 Å². The predicted molar refractivity (Wildman–Crippen MR) is 99.7 cm³/mol. The topological polar surface area (TPSA) is 77.5 Å². The van der Waals surface area contributed by atoms with E-state index < -0.39 is 10.0 Å². The Morgan fingerprint density at radius 1 is 1.12 bits per heavy atom. The summed E-state index contributed by atoms with van der Waals surface area (Å²) in [5, 5.41) is 0.841. The Morgan fingerprint density at radius 2 is 1.80 bits per heavy atom. The van der Waals surface area contributed by atoms with Crippen LogP contribution in [0.15, 0.2) is 35.2 Å². The number of aromatic nitrogens is 1. The van der Waals surface area contributed by atoms with Crippen LogP contribution in [0.3, 0.4) is 0 Å². The minimum atomic E-state index is -3.83. The van der Waals surface area contributed by atoms with Crippen molar-refractivity contribution in [3.8, 4) is 11.5 Å². The van der Waals surface area contributed by atoms with Crippen LogP contribution in [0, 0.1) is 6.92 Å². The van der Waals surface area contributed by atoms with Crippen LogP contribution in [0.4, 0.5) is 5.13 Å². The summed E-state index contributed by atoms with van der Waals surface area (Å²) in [6, 6.07) is 8.24. The number of thiazole rings is 1. The Balaban J connectivity index is 2.01. The summed E-state index contributed by atoms with van der Waals surface area (Å²) in [5.41, 5.74) is 1.21. The van der Waals surface area contributed by atoms with Gasteiger partial charge in [-0.05, 0) is 36.8 Å². The number of hydrogen-bond acceptors (Lipinski definition) is 6. The van der Waals surface area contributed by atoms with Gasteiger partial charge in [0, 0.05) is 11.1 Å². The number of benzene rings is 2. The van der Waals surface area contributed by atoms with E-state index in [2.05, 4.69) is 9.71 Å². The molecule has 3 rings (SSSR count). The molecule has 0 spiro atoms. The third kappa shape index (κ3) is 3.51. The van der Waals surface area contributed by atoms with Crippen LogP contribution in [0.1, 0.15) is 5.56 Å². The smallest absolute Gasteiger partial charge is 0.264 e. The monoisotopic (exact) mass is 398 g/mol. The highest BCUT2D eigenvalue weighted by molar-refractivity contribution is 7.93. The van der Waals surface area contributed by atoms with Crippen LogP contribution >= 0.6 is 22.9 Å². The van der Waals surface area contributed by atoms with Crippen LogP contribution in [-0.4, -0.2) is 27.6 Å². The molecule has 0 atom stereocenters. The van der Waals surface area contributed by atoms with Crippen molar-refractivity contribution in [1.82, 2.24) is 4.98 Å². The molecule has 0 amide bonds. The molecule has 0 radical (unpaired) electrons. The van der Waals surface area contributed by atoms with E-state index in [0.717, 1.165) is 4.70 Å². The molecule has 0 bridgehead atoms. The van der Waals surface area contributed by atoms with Crippen LogP contribution in [0.5, 0.6) is 11.5 Å². The van der Waals surface area contributed by atoms with Gasteiger partial charge in [0.15, 0.2) is 16.6 Å². The van der Waals surface area contributed by atoms with E-state index in [4.69, 9.17) is 21.1 Å². The summed E-state index contributed by atoms with van der Waals surface area (Å²) < 4.78 is 39.2. The van der Waals surface area contributed by atoms with E-state index in [0.29, 0.717) is 27.6 Å². The summed E-state index contributed by atoms with van der Waals surface area (Å²) in [6.45, 7) is 1.69. The minimum absolute atomic E-state index is 0.0995. The van der Waals surface area contributed by atoms with Crippen molar-refractivity contribution in [2.24, 2.45) is 0 Å². The Labute approximate surface area is 154 Å². The molecule has 1 heterocycles. The Hall–Kier alpha value is -2.03. The average molecular weight is 399 g/mol. The van der Waals surface area contributed by atoms with E-state index in [9.17, 15) is 8.42 Å². The Morgan fingerprint density at radius 3 is 2.48 bits per heavy atom. The molecule has 1 N–H and O–H groups in total. The van der Waals surface area contributed by atoms with Gasteiger partial charge in [0.25, 0.3) is 10.0 Å². The maximum absolute atomic E-state index is 12.8. The molecular weight excluding hydrogens is 384 g/mol. The van der Waals surface area contributed by atoms with Crippen molar-refractivity contribution < 1.29 is 17.9 Å². The molecule has 0 unspecified atom stereocenters. The van der Waals surface area contributed by atoms with Gasteiger partial charge < -0.3 is 9.47 Å². The van der Waals surface area contributed by atoms with Crippen molar-refractivity contribution in [1.29, 1.82) is 0 Å². The van der Waals surface area contributed by atoms with E-state index >= 15 is 0 Å². The lowest BCUT2D eigenvalue weighted by Crippen LogP contribution is -2.14. The number of sulfonamides is 1. The summed E-state index contributed by atoms with van der Waals surface area (Å²) >= 11 is 7.17. The molecule has 0 saturated carbocycles. The molecule has 0 aliphatic rings. The SMILES string of the molecule is COc1cc(C)c(S(=O)(=O)Nc2nc3ccc(Cl)cc3s2)cc1OC. The lowest BCUT2D eigenvalue weighted by atomic mass is 10.2. The molecule has 0 fully saturated rings. The summed E-state index contributed by atoms with van der Waals surface area (Å²) in [4.78, 5) is 4.38. The number of anilines is 1. The van der Waals surface area contributed by atoms with Crippen LogP contribution in [0.25, 0.3) is 10.2 Å². The third-order valence-corrected chi connectivity index (χ3v) is 6.32. The van der Waals surface area contributed by atoms with Gasteiger partial charge in [-0.3, -0.25) is 4.72 Å². The molecule has 9 heteroatoms. The number of hydrogen-bond donors (Lipinski definition) is 1. The maximum atomic E-state index is 12.8. The fourth-order valence-corrected chi connectivity index (χ4v) is 4.98. The zero-order valence-corrected chi connectivity index (χ0v) is 16.1. The standard InChI is InChI=1S/C16H15ClN2O4S2/c1-9-6-12(22-2)13(23-3)8-15(9)25(20,21)19-16-18-11-5-4-10(17)7-14(11)24-16/h4-8H,1-3H3,(H,18,19). The molecule has 2 aromatic carbocycles. The zero-order chi connectivity index (χ0) is 18.2. The number of methoxy groups -OCH3 is 2. The van der Waals surface area contributed by atoms with Crippen LogP contribution in [0.2, 0.25) is 5.02 Å². The quantitative estimate of drug-likeness (QED) is 0.700. The molecule has 1 aromatic heterocycles. The highest BCUT2D eigenvalue weighted by Gasteiger charge is 2.22. The molecule has 6 nitrogen and oxygen atoms in total. The van der Waals surface area contributed by atoms with Gasteiger partial charge in [-0.2, -0.15) is 0 Å². The first-order valence-electron chi connectivity index (χ1n) is 7.15. The van der Waals surface area contributed by atoms with Gasteiger partial charge in [-0.1, -0.05) is 22.9 Å². The second-order valence-electron chi connectivity index (χ2n) is 5.21. The van der Waals surface area contributed by atoms with E-state index in [1.807, 2.05) is 0 Å². The summed E-state index contributed by atoms with van der Waals surface area (Å²) in [7, 11) is -0.881. The molecular formula is C16H15ClN2O4S2. The van der Waals surface area contributed by atoms with Crippen LogP contribution in [-0.2, 0) is 10.0 Å². The first-order valence-corrected chi connectivity index (χ1v) is 9.83. The molecule has 0 saturated heterocycles. The number of aryl methyl sites for hydroxylation is 1. The highest BCUT2D eigenvalue weighted by atomic mass is 35.5. The van der Waals surface area contributed by atoms with Gasteiger partial charge in [0.1, 0.15) is 0 Å². The van der Waals surface area contributed by atoms with E-state index in [1.54, 1.807) is 31.2 Å². The predicted octanol–water partition coefficient (Wildman–Crippen LogP) is 4.08. The number of rotatable bonds is 5. The third-order valence-electron chi connectivity index (χ3n) is 3.54. The highest BCUT2D eigenvalue weighted by Crippen LogP contribution is 2.34. The fraction of sp³-hybridized carbons (Fsp3) is 0.188. The normalized spacial score (nSPS) is 11.5. The second kappa shape index (κ2) is 6.70. The Bertz CT molecular complexity index is 1050. The van der Waals surface area contributed by atoms with Gasteiger partial charge in [0.2, 0.25) is 0 Å². The largest absolute Gasteiger partial charge is 0.493 e. The number of nitrogens with zero attached hydrogens (tertiary/aromatic N) is 1. The zero-order valence-electron chi connectivity index (χ0n) is 13.7. The fourth-order valence-electron chi connectivity index (χ4n) is 2.36.